The molecule has 2 rings (SSSR count). The van der Waals surface area contributed by atoms with Crippen LogP contribution in [-0.4, -0.2) is 31.2 Å². The van der Waals surface area contributed by atoms with Crippen LogP contribution in [0.15, 0.2) is 54.6 Å². The number of amides is 4. The van der Waals surface area contributed by atoms with Crippen molar-refractivity contribution in [1.29, 1.82) is 0 Å². The van der Waals surface area contributed by atoms with Crippen molar-refractivity contribution in [3.8, 4) is 0 Å². The van der Waals surface area contributed by atoms with Gasteiger partial charge in [0.2, 0.25) is 5.91 Å². The molecule has 1 unspecified atom stereocenters. The van der Waals surface area contributed by atoms with Crippen LogP contribution in [0.4, 0.5) is 21.0 Å². The highest BCUT2D eigenvalue weighted by atomic mass is 16.5. The summed E-state index contributed by atoms with van der Waals surface area (Å²) in [6.45, 7) is 4.07. The first-order valence-electron chi connectivity index (χ1n) is 9.23. The lowest BCUT2D eigenvalue weighted by molar-refractivity contribution is -0.118. The topological polar surface area (TPSA) is 109 Å². The van der Waals surface area contributed by atoms with Gasteiger partial charge in [-0.25, -0.2) is 9.59 Å². The summed E-state index contributed by atoms with van der Waals surface area (Å²) < 4.78 is 4.53. The van der Waals surface area contributed by atoms with Crippen LogP contribution in [0.2, 0.25) is 0 Å². The first-order valence-corrected chi connectivity index (χ1v) is 9.23. The third-order valence-corrected chi connectivity index (χ3v) is 4.12. The summed E-state index contributed by atoms with van der Waals surface area (Å²) in [4.78, 5) is 36.0. The van der Waals surface area contributed by atoms with Crippen LogP contribution in [0.5, 0.6) is 0 Å². The van der Waals surface area contributed by atoms with Crippen LogP contribution >= 0.6 is 0 Å². The summed E-state index contributed by atoms with van der Waals surface area (Å²) in [6.07, 6.45) is -0.577. The van der Waals surface area contributed by atoms with E-state index in [2.05, 4.69) is 26.0 Å². The van der Waals surface area contributed by atoms with Gasteiger partial charge in [0.1, 0.15) is 6.04 Å². The Morgan fingerprint density at radius 2 is 1.48 bits per heavy atom. The second kappa shape index (κ2) is 10.7. The Labute approximate surface area is 170 Å². The predicted octanol–water partition coefficient (Wildman–Crippen LogP) is 3.33. The Hall–Kier alpha value is -3.55. The highest BCUT2D eigenvalue weighted by Gasteiger charge is 2.24. The number of carbonyl (C=O) groups is 3. The molecule has 8 heteroatoms. The molecule has 0 saturated heterocycles. The van der Waals surface area contributed by atoms with E-state index in [-0.39, 0.29) is 11.8 Å². The second-order valence-electron chi connectivity index (χ2n) is 6.72. The average molecular weight is 398 g/mol. The maximum absolute atomic E-state index is 12.6. The molecule has 4 amide bonds. The zero-order valence-electron chi connectivity index (χ0n) is 16.7. The largest absolute Gasteiger partial charge is 0.453 e. The van der Waals surface area contributed by atoms with Crippen molar-refractivity contribution in [2.75, 3.05) is 17.7 Å². The molecular formula is C21H26N4O4. The van der Waals surface area contributed by atoms with E-state index < -0.39 is 18.2 Å². The summed E-state index contributed by atoms with van der Waals surface area (Å²) in [5, 5.41) is 10.8. The zero-order chi connectivity index (χ0) is 21.2. The van der Waals surface area contributed by atoms with Gasteiger partial charge in [-0.2, -0.15) is 0 Å². The number of carbonyl (C=O) groups excluding carboxylic acids is 3. The van der Waals surface area contributed by atoms with Crippen LogP contribution in [-0.2, 0) is 16.1 Å². The number of anilines is 2. The number of hydrogen-bond acceptors (Lipinski definition) is 4. The molecule has 0 aromatic heterocycles. The van der Waals surface area contributed by atoms with E-state index in [4.69, 9.17) is 0 Å². The highest BCUT2D eigenvalue weighted by Crippen LogP contribution is 2.15. The lowest BCUT2D eigenvalue weighted by Gasteiger charge is -2.22. The molecule has 0 aliphatic rings. The smallest absolute Gasteiger partial charge is 0.411 e. The van der Waals surface area contributed by atoms with E-state index in [1.807, 2.05) is 44.2 Å². The van der Waals surface area contributed by atoms with Gasteiger partial charge in [0.25, 0.3) is 0 Å². The Kier molecular flexibility index (Phi) is 8.02. The van der Waals surface area contributed by atoms with Crippen LogP contribution in [0, 0.1) is 5.92 Å². The van der Waals surface area contributed by atoms with Gasteiger partial charge < -0.3 is 20.7 Å². The molecule has 154 valence electrons. The summed E-state index contributed by atoms with van der Waals surface area (Å²) in [5.41, 5.74) is 2.05. The van der Waals surface area contributed by atoms with Gasteiger partial charge in [0, 0.05) is 17.9 Å². The standard InChI is InChI=1S/C21H26N4O4/c1-14(2)18(25-20(27)22-13-15-7-5-4-6-8-15)19(26)23-16-9-11-17(12-10-16)24-21(28)29-3/h4-12,14,18H,13H2,1-3H3,(H,23,26)(H,24,28)(H2,22,25,27). The number of ether oxygens (including phenoxy) is 1. The molecule has 0 radical (unpaired) electrons. The monoisotopic (exact) mass is 398 g/mol. The highest BCUT2D eigenvalue weighted by molar-refractivity contribution is 5.97. The summed E-state index contributed by atoms with van der Waals surface area (Å²) >= 11 is 0. The minimum absolute atomic E-state index is 0.113. The van der Waals surface area contributed by atoms with Crippen molar-refractivity contribution in [2.24, 2.45) is 5.92 Å². The predicted molar refractivity (Wildman–Crippen MR) is 112 cm³/mol. The van der Waals surface area contributed by atoms with Gasteiger partial charge in [0.05, 0.1) is 7.11 Å². The maximum Gasteiger partial charge on any atom is 0.411 e. The summed E-state index contributed by atoms with van der Waals surface area (Å²) in [6, 6.07) is 15.0. The Morgan fingerprint density at radius 1 is 0.897 bits per heavy atom. The lowest BCUT2D eigenvalue weighted by atomic mass is 10.0. The number of nitrogens with one attached hydrogen (secondary N) is 4. The molecular weight excluding hydrogens is 372 g/mol. The molecule has 29 heavy (non-hydrogen) atoms. The molecule has 1 atom stereocenters. The molecule has 0 bridgehead atoms. The molecule has 2 aromatic carbocycles. The summed E-state index contributed by atoms with van der Waals surface area (Å²) in [7, 11) is 1.28. The van der Waals surface area contributed by atoms with Crippen molar-refractivity contribution in [3.63, 3.8) is 0 Å². The van der Waals surface area contributed by atoms with Crippen LogP contribution in [0.25, 0.3) is 0 Å². The molecule has 0 saturated carbocycles. The van der Waals surface area contributed by atoms with Crippen LogP contribution in [0.3, 0.4) is 0 Å². The van der Waals surface area contributed by atoms with Crippen molar-refractivity contribution < 1.29 is 19.1 Å². The molecule has 2 aromatic rings. The van der Waals surface area contributed by atoms with Gasteiger partial charge in [-0.1, -0.05) is 44.2 Å². The van der Waals surface area contributed by atoms with E-state index >= 15 is 0 Å². The fourth-order valence-corrected chi connectivity index (χ4v) is 2.53. The molecule has 4 N–H and O–H groups in total. The van der Waals surface area contributed by atoms with Gasteiger partial charge in [-0.15, -0.1) is 0 Å². The minimum atomic E-state index is -0.710. The number of hydrogen-bond donors (Lipinski definition) is 4. The van der Waals surface area contributed by atoms with Crippen LogP contribution < -0.4 is 21.3 Å². The molecule has 0 heterocycles. The third kappa shape index (κ3) is 7.17. The van der Waals surface area contributed by atoms with Crippen molar-refractivity contribution in [1.82, 2.24) is 10.6 Å². The van der Waals surface area contributed by atoms with Crippen molar-refractivity contribution >= 4 is 29.4 Å². The minimum Gasteiger partial charge on any atom is -0.453 e. The van der Waals surface area contributed by atoms with E-state index in [1.165, 1.54) is 7.11 Å². The van der Waals surface area contributed by atoms with Gasteiger partial charge in [-0.05, 0) is 35.7 Å². The molecule has 0 aliphatic carbocycles. The Balaban J connectivity index is 1.91. The fraction of sp³-hybridized carbons (Fsp3) is 0.286. The van der Waals surface area contributed by atoms with Gasteiger partial charge in [0.15, 0.2) is 0 Å². The maximum atomic E-state index is 12.6. The van der Waals surface area contributed by atoms with Crippen LogP contribution in [0.1, 0.15) is 19.4 Å². The molecule has 8 nitrogen and oxygen atoms in total. The van der Waals surface area contributed by atoms with E-state index in [0.717, 1.165) is 5.56 Å². The van der Waals surface area contributed by atoms with E-state index in [1.54, 1.807) is 24.3 Å². The molecule has 0 aliphatic heterocycles. The van der Waals surface area contributed by atoms with Crippen molar-refractivity contribution in [2.45, 2.75) is 26.4 Å². The molecule has 0 fully saturated rings. The summed E-state index contributed by atoms with van der Waals surface area (Å²) in [5.74, 6) is -0.443. The number of rotatable bonds is 7. The first-order chi connectivity index (χ1) is 13.9. The lowest BCUT2D eigenvalue weighted by Crippen LogP contribution is -2.50. The second-order valence-corrected chi connectivity index (χ2v) is 6.72. The zero-order valence-corrected chi connectivity index (χ0v) is 16.7. The fourth-order valence-electron chi connectivity index (χ4n) is 2.53. The normalized spacial score (nSPS) is 11.3. The van der Waals surface area contributed by atoms with E-state index in [9.17, 15) is 14.4 Å². The Bertz CT molecular complexity index is 822. The molecule has 0 spiro atoms. The first kappa shape index (κ1) is 21.7. The van der Waals surface area contributed by atoms with E-state index in [0.29, 0.717) is 17.9 Å². The number of urea groups is 1. The average Bonchev–Trinajstić information content (AvgIpc) is 2.72. The third-order valence-electron chi connectivity index (χ3n) is 4.12. The van der Waals surface area contributed by atoms with Crippen molar-refractivity contribution in [3.05, 3.63) is 60.2 Å². The van der Waals surface area contributed by atoms with Gasteiger partial charge in [-0.3, -0.25) is 10.1 Å². The Morgan fingerprint density at radius 3 is 2.03 bits per heavy atom. The van der Waals surface area contributed by atoms with Gasteiger partial charge >= 0.3 is 12.1 Å². The SMILES string of the molecule is COC(=O)Nc1ccc(NC(=O)C(NC(=O)NCc2ccccc2)C(C)C)cc1. The number of methoxy groups -OCH3 is 1. The quantitative estimate of drug-likeness (QED) is 0.574. The number of benzene rings is 2.